The molecule has 1 aromatic heterocycles. The fraction of sp³-hybridized carbons (Fsp3) is 0.136. The molecule has 1 saturated heterocycles. The largest absolute Gasteiger partial charge is 0.463 e. The highest BCUT2D eigenvalue weighted by Crippen LogP contribution is 2.32. The van der Waals surface area contributed by atoms with Gasteiger partial charge in [0, 0.05) is 5.57 Å². The van der Waals surface area contributed by atoms with Crippen LogP contribution in [0.2, 0.25) is 0 Å². The Balaban J connectivity index is 1.79. The lowest BCUT2D eigenvalue weighted by molar-refractivity contribution is -0.120. The summed E-state index contributed by atoms with van der Waals surface area (Å²) in [5, 5.41) is 0.440. The van der Waals surface area contributed by atoms with Gasteiger partial charge in [-0.3, -0.25) is 14.4 Å². The Bertz CT molecular complexity index is 1170. The van der Waals surface area contributed by atoms with Crippen molar-refractivity contribution in [2.24, 2.45) is 0 Å². The molecule has 1 aliphatic rings. The van der Waals surface area contributed by atoms with Gasteiger partial charge >= 0.3 is 0 Å². The van der Waals surface area contributed by atoms with Crippen molar-refractivity contribution in [1.82, 2.24) is 0 Å². The minimum atomic E-state index is -0.398. The van der Waals surface area contributed by atoms with E-state index in [1.165, 1.54) is 17.2 Å². The van der Waals surface area contributed by atoms with Gasteiger partial charge in [-0.15, -0.1) is 0 Å². The number of carbonyl (C=O) groups excluding carboxylic acids is 2. The van der Waals surface area contributed by atoms with Crippen molar-refractivity contribution in [2.45, 2.75) is 20.3 Å². The van der Waals surface area contributed by atoms with E-state index in [0.29, 0.717) is 16.7 Å². The number of fused-ring (bicyclic) bond motifs is 1. The maximum absolute atomic E-state index is 12.9. The molecule has 5 heteroatoms. The molecule has 4 rings (SSSR count). The Hall–Kier alpha value is -3.47. The second-order valence-electron chi connectivity index (χ2n) is 6.64. The zero-order valence-corrected chi connectivity index (χ0v) is 15.0. The lowest BCUT2D eigenvalue weighted by atomic mass is 10.1. The summed E-state index contributed by atoms with van der Waals surface area (Å²) in [5.41, 5.74) is 3.11. The quantitative estimate of drug-likeness (QED) is 0.516. The molecule has 2 aromatic carbocycles. The van der Waals surface area contributed by atoms with E-state index in [-0.39, 0.29) is 28.9 Å². The first kappa shape index (κ1) is 17.0. The molecule has 2 heterocycles. The zero-order valence-electron chi connectivity index (χ0n) is 15.0. The lowest BCUT2D eigenvalue weighted by Crippen LogP contribution is -2.30. The molecule has 0 aliphatic carbocycles. The molecule has 1 fully saturated rings. The first-order chi connectivity index (χ1) is 13.0. The summed E-state index contributed by atoms with van der Waals surface area (Å²) in [6.45, 7) is 3.73. The van der Waals surface area contributed by atoms with E-state index in [4.69, 9.17) is 4.42 Å². The number of hydrogen-bond acceptors (Lipinski definition) is 4. The number of hydrogen-bond donors (Lipinski definition) is 0. The van der Waals surface area contributed by atoms with Gasteiger partial charge in [0.05, 0.1) is 23.1 Å². The van der Waals surface area contributed by atoms with Crippen LogP contribution < -0.4 is 10.3 Å². The van der Waals surface area contributed by atoms with E-state index in [1.54, 1.807) is 24.3 Å². The molecule has 1 aliphatic heterocycles. The normalized spacial score (nSPS) is 15.9. The second kappa shape index (κ2) is 6.36. The Labute approximate surface area is 155 Å². The predicted octanol–water partition coefficient (Wildman–Crippen LogP) is 3.76. The van der Waals surface area contributed by atoms with Crippen LogP contribution in [0.1, 0.15) is 23.1 Å². The van der Waals surface area contributed by atoms with Gasteiger partial charge < -0.3 is 4.42 Å². The Morgan fingerprint density at radius 2 is 1.67 bits per heavy atom. The average Bonchev–Trinajstić information content (AvgIpc) is 2.92. The Morgan fingerprint density at radius 1 is 0.963 bits per heavy atom. The number of nitrogens with zero attached hydrogens (tertiary/aromatic N) is 1. The van der Waals surface area contributed by atoms with Crippen molar-refractivity contribution >= 4 is 34.5 Å². The smallest absolute Gasteiger partial charge is 0.261 e. The van der Waals surface area contributed by atoms with Gasteiger partial charge in [0.15, 0.2) is 5.43 Å². The van der Waals surface area contributed by atoms with Crippen LogP contribution in [-0.4, -0.2) is 11.8 Å². The topological polar surface area (TPSA) is 67.6 Å². The zero-order chi connectivity index (χ0) is 19.1. The highest BCUT2D eigenvalue weighted by Gasteiger charge is 2.36. The molecule has 0 saturated carbocycles. The molecule has 0 N–H and O–H groups in total. The first-order valence-electron chi connectivity index (χ1n) is 8.62. The summed E-state index contributed by atoms with van der Waals surface area (Å²) >= 11 is 0. The van der Waals surface area contributed by atoms with Gasteiger partial charge in [-0.25, -0.2) is 4.90 Å². The molecule has 5 nitrogen and oxygen atoms in total. The van der Waals surface area contributed by atoms with E-state index in [2.05, 4.69) is 0 Å². The number of anilines is 1. The molecule has 3 aromatic rings. The maximum Gasteiger partial charge on any atom is 0.261 e. The molecule has 0 spiro atoms. The first-order valence-corrected chi connectivity index (χ1v) is 8.62. The summed E-state index contributed by atoms with van der Waals surface area (Å²) in [7, 11) is 0. The molecule has 0 radical (unpaired) electrons. The number of aryl methyl sites for hydroxylation is 2. The molecule has 0 atom stereocenters. The van der Waals surface area contributed by atoms with Crippen LogP contribution in [0, 0.1) is 13.8 Å². The van der Waals surface area contributed by atoms with Crippen molar-refractivity contribution in [3.05, 3.63) is 81.2 Å². The third kappa shape index (κ3) is 2.77. The molecular formula is C22H17NO4. The molecule has 0 bridgehead atoms. The van der Waals surface area contributed by atoms with Crippen LogP contribution in [0.25, 0.3) is 17.0 Å². The average molecular weight is 359 g/mol. The predicted molar refractivity (Wildman–Crippen MR) is 103 cm³/mol. The summed E-state index contributed by atoms with van der Waals surface area (Å²) < 4.78 is 5.49. The van der Waals surface area contributed by atoms with Crippen molar-refractivity contribution < 1.29 is 14.0 Å². The minimum absolute atomic E-state index is 0.0428. The summed E-state index contributed by atoms with van der Waals surface area (Å²) in [6, 6.07) is 12.5. The van der Waals surface area contributed by atoms with Crippen molar-refractivity contribution in [2.75, 3.05) is 4.90 Å². The van der Waals surface area contributed by atoms with Crippen LogP contribution in [0.4, 0.5) is 5.69 Å². The highest BCUT2D eigenvalue weighted by atomic mass is 16.3. The van der Waals surface area contributed by atoms with E-state index >= 15 is 0 Å². The van der Waals surface area contributed by atoms with Gasteiger partial charge in [0.1, 0.15) is 11.8 Å². The fourth-order valence-electron chi connectivity index (χ4n) is 3.45. The number of carbonyl (C=O) groups is 2. The number of imide groups is 1. The van der Waals surface area contributed by atoms with Crippen molar-refractivity contribution in [3.8, 4) is 0 Å². The van der Waals surface area contributed by atoms with Gasteiger partial charge in [-0.05, 0) is 43.2 Å². The Kier molecular flexibility index (Phi) is 4.00. The summed E-state index contributed by atoms with van der Waals surface area (Å²) in [4.78, 5) is 39.3. The maximum atomic E-state index is 12.9. The molecule has 27 heavy (non-hydrogen) atoms. The minimum Gasteiger partial charge on any atom is -0.463 e. The van der Waals surface area contributed by atoms with Crippen LogP contribution >= 0.6 is 0 Å². The number of benzene rings is 2. The summed E-state index contributed by atoms with van der Waals surface area (Å²) in [5.74, 6) is -0.696. The number of para-hydroxylation sites is 2. The van der Waals surface area contributed by atoms with Crippen LogP contribution in [0.15, 0.2) is 63.5 Å². The van der Waals surface area contributed by atoms with Crippen molar-refractivity contribution in [1.29, 1.82) is 0 Å². The molecule has 2 amide bonds. The third-order valence-corrected chi connectivity index (χ3v) is 4.77. The molecule has 0 unspecified atom stereocenters. The lowest BCUT2D eigenvalue weighted by Gasteiger charge is -2.18. The van der Waals surface area contributed by atoms with E-state index in [1.807, 2.05) is 32.0 Å². The third-order valence-electron chi connectivity index (χ3n) is 4.77. The van der Waals surface area contributed by atoms with E-state index in [0.717, 1.165) is 11.1 Å². The second-order valence-corrected chi connectivity index (χ2v) is 6.64. The van der Waals surface area contributed by atoms with E-state index < -0.39 is 5.91 Å². The van der Waals surface area contributed by atoms with Gasteiger partial charge in [0.2, 0.25) is 5.91 Å². The van der Waals surface area contributed by atoms with Crippen LogP contribution in [0.5, 0.6) is 0 Å². The summed E-state index contributed by atoms with van der Waals surface area (Å²) in [6.07, 6.45) is 2.75. The van der Waals surface area contributed by atoms with Crippen LogP contribution in [-0.2, 0) is 9.59 Å². The SMILES string of the molecule is Cc1cccc(C)c1N1C(=O)CC(=Cc2coc3ccccc3c2=O)C1=O. The molecule has 134 valence electrons. The van der Waals surface area contributed by atoms with Gasteiger partial charge in [0.25, 0.3) is 5.91 Å². The van der Waals surface area contributed by atoms with Gasteiger partial charge in [-0.1, -0.05) is 30.3 Å². The van der Waals surface area contributed by atoms with Crippen molar-refractivity contribution in [3.63, 3.8) is 0 Å². The van der Waals surface area contributed by atoms with Crippen LogP contribution in [0.3, 0.4) is 0 Å². The van der Waals surface area contributed by atoms with E-state index in [9.17, 15) is 14.4 Å². The Morgan fingerprint density at radius 3 is 2.41 bits per heavy atom. The molecular weight excluding hydrogens is 342 g/mol. The number of rotatable bonds is 2. The monoisotopic (exact) mass is 359 g/mol. The standard InChI is InChI=1S/C22H17NO4/c1-13-6-5-7-14(2)20(13)23-19(24)11-15(22(23)26)10-16-12-27-18-9-4-3-8-17(18)21(16)25/h3-10,12H,11H2,1-2H3. The number of amides is 2. The highest BCUT2D eigenvalue weighted by molar-refractivity contribution is 6.30. The fourth-order valence-corrected chi connectivity index (χ4v) is 3.45. The van der Waals surface area contributed by atoms with Gasteiger partial charge in [-0.2, -0.15) is 0 Å².